The maximum Gasteiger partial charge on any atom is 0.262 e. The van der Waals surface area contributed by atoms with Crippen LogP contribution in [0.1, 0.15) is 27.6 Å². The van der Waals surface area contributed by atoms with Crippen molar-refractivity contribution in [3.8, 4) is 0 Å². The Morgan fingerprint density at radius 2 is 1.00 bits per heavy atom. The van der Waals surface area contributed by atoms with E-state index >= 15 is 0 Å². The first kappa shape index (κ1) is 23.2. The number of rotatable bonds is 6. The highest BCUT2D eigenvalue weighted by molar-refractivity contribution is 7.97. The van der Waals surface area contributed by atoms with Gasteiger partial charge < -0.3 is 0 Å². The predicted molar refractivity (Wildman–Crippen MR) is 150 cm³/mol. The zero-order valence-corrected chi connectivity index (χ0v) is 21.0. The topological polar surface area (TPSA) is 37.4 Å². The lowest BCUT2D eigenvalue weighted by Gasteiger charge is -2.30. The second-order valence-electron chi connectivity index (χ2n) is 8.46. The summed E-state index contributed by atoms with van der Waals surface area (Å²) in [4.78, 5) is 28.2. The number of hydrogen-bond donors (Lipinski definition) is 0. The summed E-state index contributed by atoms with van der Waals surface area (Å²) in [5, 5.41) is 3.48. The molecule has 4 aromatic carbocycles. The van der Waals surface area contributed by atoms with Crippen LogP contribution in [0.25, 0.3) is 0 Å². The third kappa shape index (κ3) is 3.99. The Morgan fingerprint density at radius 1 is 0.657 bits per heavy atom. The van der Waals surface area contributed by atoms with Crippen molar-refractivity contribution in [2.45, 2.75) is 13.0 Å². The van der Waals surface area contributed by atoms with Gasteiger partial charge in [0, 0.05) is 4.86 Å². The number of fused-ring (bicyclic) bond motifs is 1. The summed E-state index contributed by atoms with van der Waals surface area (Å²) < 4.78 is 0. The fraction of sp³-hybridized carbons (Fsp3) is 0.0667. The first-order valence-electron chi connectivity index (χ1n) is 11.5. The minimum Gasteiger partial charge on any atom is -0.269 e. The van der Waals surface area contributed by atoms with Gasteiger partial charge in [-0.05, 0) is 47.7 Å². The van der Waals surface area contributed by atoms with Gasteiger partial charge in [0.25, 0.3) is 11.8 Å². The van der Waals surface area contributed by atoms with Crippen LogP contribution in [0, 0.1) is 0 Å². The van der Waals surface area contributed by atoms with E-state index in [1.807, 2.05) is 61.5 Å². The molecule has 5 rings (SSSR count). The van der Waals surface area contributed by atoms with Crippen molar-refractivity contribution < 1.29 is 9.59 Å². The fourth-order valence-corrected chi connectivity index (χ4v) is 9.09. The number of hydrogen-bond acceptors (Lipinski definition) is 3. The number of nitrogens with zero attached hydrogens (tertiary/aromatic N) is 1. The van der Waals surface area contributed by atoms with E-state index in [2.05, 4.69) is 42.2 Å². The highest BCUT2D eigenvalue weighted by Gasteiger charge is 2.39. The lowest BCUT2D eigenvalue weighted by Crippen LogP contribution is -2.43. The summed E-state index contributed by atoms with van der Waals surface area (Å²) in [6.07, 6.45) is 0. The van der Waals surface area contributed by atoms with Crippen LogP contribution in [-0.2, 0) is 0 Å². The van der Waals surface area contributed by atoms with Crippen molar-refractivity contribution >= 4 is 57.5 Å². The minimum atomic E-state index is -2.33. The van der Waals surface area contributed by atoms with Gasteiger partial charge in [-0.2, -0.15) is 0 Å². The van der Waals surface area contributed by atoms with Crippen LogP contribution in [0.15, 0.2) is 115 Å². The van der Waals surface area contributed by atoms with Gasteiger partial charge in [0.1, 0.15) is 0 Å². The molecule has 1 unspecified atom stereocenters. The van der Waals surface area contributed by atoms with Gasteiger partial charge in [0.05, 0.1) is 17.2 Å². The third-order valence-corrected chi connectivity index (χ3v) is 11.1. The van der Waals surface area contributed by atoms with E-state index < -0.39 is 12.9 Å². The van der Waals surface area contributed by atoms with Gasteiger partial charge in [-0.3, -0.25) is 14.5 Å². The van der Waals surface area contributed by atoms with Crippen molar-refractivity contribution in [2.24, 2.45) is 0 Å². The maximum absolute atomic E-state index is 13.2. The SMILES string of the molecule is CC(C(=S)C=P(c1ccccc1)(c1ccccc1)c1ccccc1)N1C(=O)c2ccccc2C1=O. The lowest BCUT2D eigenvalue weighted by atomic mass is 10.1. The van der Waals surface area contributed by atoms with Gasteiger partial charge in [-0.25, -0.2) is 0 Å². The van der Waals surface area contributed by atoms with Crippen molar-refractivity contribution in [2.75, 3.05) is 0 Å². The molecule has 2 amide bonds. The van der Waals surface area contributed by atoms with Crippen molar-refractivity contribution in [3.05, 3.63) is 126 Å². The molecule has 1 aliphatic rings. The summed E-state index contributed by atoms with van der Waals surface area (Å²) in [5.41, 5.74) is 0.866. The Hall–Kier alpha value is -3.59. The number of carbonyl (C=O) groups is 2. The maximum atomic E-state index is 13.2. The van der Waals surface area contributed by atoms with Crippen LogP contribution in [0.5, 0.6) is 0 Å². The standard InChI is InChI=1S/C30H24NO2PS/c1-22(31-29(32)26-19-11-12-20-27(26)30(31)33)28(35)21-34(23-13-5-2-6-14-23,24-15-7-3-8-16-24)25-17-9-4-10-18-25/h2-22H,1H3. The predicted octanol–water partition coefficient (Wildman–Crippen LogP) is 4.84. The molecule has 0 fully saturated rings. The molecule has 35 heavy (non-hydrogen) atoms. The van der Waals surface area contributed by atoms with Gasteiger partial charge in [0.2, 0.25) is 0 Å². The van der Waals surface area contributed by atoms with Crippen LogP contribution in [0.4, 0.5) is 0 Å². The fourth-order valence-electron chi connectivity index (χ4n) is 4.65. The molecule has 0 saturated carbocycles. The van der Waals surface area contributed by atoms with Crippen molar-refractivity contribution in [1.29, 1.82) is 0 Å². The molecule has 0 radical (unpaired) electrons. The number of benzene rings is 4. The molecule has 4 aromatic rings. The Bertz CT molecular complexity index is 1330. The van der Waals surface area contributed by atoms with Crippen LogP contribution in [0.2, 0.25) is 0 Å². The van der Waals surface area contributed by atoms with E-state index in [1.54, 1.807) is 24.3 Å². The van der Waals surface area contributed by atoms with Crippen LogP contribution in [0.3, 0.4) is 0 Å². The second kappa shape index (κ2) is 9.58. The highest BCUT2D eigenvalue weighted by atomic mass is 32.1. The lowest BCUT2D eigenvalue weighted by molar-refractivity contribution is 0.0637. The van der Waals surface area contributed by atoms with Gasteiger partial charge in [0.15, 0.2) is 0 Å². The second-order valence-corrected chi connectivity index (χ2v) is 12.2. The normalized spacial score (nSPS) is 13.9. The number of thiocarbonyl (C=S) groups is 1. The molecule has 0 saturated heterocycles. The summed E-state index contributed by atoms with van der Waals surface area (Å²) in [6.45, 7) is -0.489. The van der Waals surface area contributed by atoms with Crippen LogP contribution in [-0.4, -0.2) is 33.4 Å². The first-order chi connectivity index (χ1) is 17.0. The molecular weight excluding hydrogens is 469 g/mol. The van der Waals surface area contributed by atoms with E-state index in [-0.39, 0.29) is 11.8 Å². The zero-order chi connectivity index (χ0) is 24.4. The molecule has 5 heteroatoms. The number of imide groups is 1. The molecule has 0 N–H and O–H groups in total. The number of carbonyl (C=O) groups excluding carboxylic acids is 2. The number of amides is 2. The summed E-state index contributed by atoms with van der Waals surface area (Å²) in [5.74, 6) is 1.56. The van der Waals surface area contributed by atoms with Gasteiger partial charge in [-0.1, -0.05) is 115 Å². The van der Waals surface area contributed by atoms with Gasteiger partial charge in [-0.15, -0.1) is 0 Å². The summed E-state index contributed by atoms with van der Waals surface area (Å²) in [7, 11) is 0. The molecule has 1 aliphatic heterocycles. The van der Waals surface area contributed by atoms with E-state index in [4.69, 9.17) is 12.2 Å². The summed E-state index contributed by atoms with van der Waals surface area (Å²) >= 11 is 6.00. The van der Waals surface area contributed by atoms with E-state index in [9.17, 15) is 9.59 Å². The molecule has 0 aliphatic carbocycles. The monoisotopic (exact) mass is 493 g/mol. The Balaban J connectivity index is 1.70. The largest absolute Gasteiger partial charge is 0.269 e. The van der Waals surface area contributed by atoms with Crippen LogP contribution < -0.4 is 15.9 Å². The first-order valence-corrected chi connectivity index (χ1v) is 13.7. The molecule has 3 nitrogen and oxygen atoms in total. The van der Waals surface area contributed by atoms with Crippen molar-refractivity contribution in [1.82, 2.24) is 4.90 Å². The van der Waals surface area contributed by atoms with Gasteiger partial charge >= 0.3 is 0 Å². The Kier molecular flexibility index (Phi) is 6.34. The smallest absolute Gasteiger partial charge is 0.262 e. The Morgan fingerprint density at radius 3 is 1.37 bits per heavy atom. The van der Waals surface area contributed by atoms with E-state index in [1.165, 1.54) is 4.90 Å². The molecule has 0 bridgehead atoms. The minimum absolute atomic E-state index is 0.295. The zero-order valence-electron chi connectivity index (χ0n) is 19.2. The average molecular weight is 494 g/mol. The van der Waals surface area contributed by atoms with E-state index in [0.717, 1.165) is 15.9 Å². The molecule has 1 atom stereocenters. The molecule has 172 valence electrons. The molecule has 1 heterocycles. The summed E-state index contributed by atoms with van der Waals surface area (Å²) in [6, 6.07) is 37.5. The van der Waals surface area contributed by atoms with Crippen LogP contribution >= 0.6 is 19.1 Å². The molecule has 0 spiro atoms. The van der Waals surface area contributed by atoms with Crippen molar-refractivity contribution in [3.63, 3.8) is 0 Å². The average Bonchev–Trinajstić information content (AvgIpc) is 3.18. The van der Waals surface area contributed by atoms with E-state index in [0.29, 0.717) is 16.0 Å². The highest BCUT2D eigenvalue weighted by Crippen LogP contribution is 2.44. The quantitative estimate of drug-likeness (QED) is 0.219. The Labute approximate surface area is 211 Å². The molecule has 0 aromatic heterocycles. The molecular formula is C30H24NO2PS. The third-order valence-electron chi connectivity index (χ3n) is 6.44.